The predicted octanol–water partition coefficient (Wildman–Crippen LogP) is 2.44. The van der Waals surface area contributed by atoms with Crippen molar-refractivity contribution >= 4 is 10.4 Å². The number of hydrogen-bond donors (Lipinski definition) is 6. The first-order chi connectivity index (χ1) is 21.4. The first-order valence-corrected chi connectivity index (χ1v) is 18.6. The molecule has 0 amide bonds. The molecule has 5 fully saturated rings. The summed E-state index contributed by atoms with van der Waals surface area (Å²) in [7, 11) is -3.47. The average Bonchev–Trinajstić information content (AvgIpc) is 3.23. The van der Waals surface area contributed by atoms with Crippen LogP contribution in [0.25, 0.3) is 0 Å². The lowest BCUT2D eigenvalue weighted by Crippen LogP contribution is -2.68. The van der Waals surface area contributed by atoms with E-state index in [-0.39, 0.29) is 65.5 Å². The molecule has 0 spiro atoms. The van der Waals surface area contributed by atoms with Crippen LogP contribution < -0.4 is 0 Å². The van der Waals surface area contributed by atoms with Crippen LogP contribution in [-0.2, 0) is 28.8 Å². The van der Waals surface area contributed by atoms with Crippen LogP contribution in [0.15, 0.2) is 0 Å². The lowest BCUT2D eigenvalue weighted by Gasteiger charge is -2.66. The average molecular weight is 679 g/mol. The van der Waals surface area contributed by atoms with Gasteiger partial charge >= 0.3 is 10.4 Å². The number of ether oxygens (including phenoxy) is 3. The van der Waals surface area contributed by atoms with Gasteiger partial charge in [0.05, 0.1) is 36.6 Å². The van der Waals surface area contributed by atoms with Crippen molar-refractivity contribution in [3.63, 3.8) is 0 Å². The lowest BCUT2D eigenvalue weighted by molar-refractivity contribution is -0.287. The smallest absolute Gasteiger partial charge is 0.393 e. The summed E-state index contributed by atoms with van der Waals surface area (Å²) in [5.41, 5.74) is -1.78. The maximum Gasteiger partial charge on any atom is 0.397 e. The van der Waals surface area contributed by atoms with Crippen LogP contribution in [0.3, 0.4) is 0 Å². The van der Waals surface area contributed by atoms with Crippen LogP contribution in [0.5, 0.6) is 0 Å². The van der Waals surface area contributed by atoms with Gasteiger partial charge in [0.15, 0.2) is 6.29 Å². The molecule has 0 radical (unpaired) electrons. The molecule has 0 bridgehead atoms. The van der Waals surface area contributed by atoms with Crippen LogP contribution in [0.1, 0.15) is 92.4 Å². The van der Waals surface area contributed by atoms with Crippen molar-refractivity contribution < 1.29 is 56.9 Å². The summed E-state index contributed by atoms with van der Waals surface area (Å²) >= 11 is 0. The Morgan fingerprint density at radius 2 is 1.63 bits per heavy atom. The van der Waals surface area contributed by atoms with Crippen molar-refractivity contribution in [2.24, 2.45) is 46.3 Å². The Bertz CT molecular complexity index is 1170. The molecule has 1 aliphatic heterocycles. The van der Waals surface area contributed by atoms with Crippen molar-refractivity contribution in [3.8, 4) is 0 Å². The fourth-order valence-electron chi connectivity index (χ4n) is 11.2. The van der Waals surface area contributed by atoms with E-state index in [4.69, 9.17) is 18.8 Å². The molecule has 0 aromatic rings. The highest BCUT2D eigenvalue weighted by Crippen LogP contribution is 2.69. The standard InChI is InChI=1S/C33H58O12S/c1-17(2)24(44-30-27(37)28(42-6)25(16-43-30)45-46(39,40)41)8-7-18(3)20-14-22(35)29-32(20,5)12-10-26-31(4)11-9-19(34)13-21(31)23(36)15-33(26,29)38/h17-30,34-38H,7-16H2,1-6H3,(H,39,40,41). The zero-order valence-corrected chi connectivity index (χ0v) is 29.0. The third kappa shape index (κ3) is 6.57. The predicted molar refractivity (Wildman–Crippen MR) is 167 cm³/mol. The second-order valence-corrected chi connectivity index (χ2v) is 17.3. The van der Waals surface area contributed by atoms with E-state index < -0.39 is 58.9 Å². The van der Waals surface area contributed by atoms with Gasteiger partial charge in [-0.1, -0.05) is 34.6 Å². The fourth-order valence-corrected chi connectivity index (χ4v) is 11.6. The summed E-state index contributed by atoms with van der Waals surface area (Å²) in [4.78, 5) is 0. The van der Waals surface area contributed by atoms with E-state index in [1.54, 1.807) is 0 Å². The molecule has 0 aromatic carbocycles. The summed E-state index contributed by atoms with van der Waals surface area (Å²) in [6.45, 7) is 10.4. The number of rotatable bonds is 10. The molecule has 46 heavy (non-hydrogen) atoms. The lowest BCUT2D eigenvalue weighted by atomic mass is 9.42. The molecule has 13 heteroatoms. The van der Waals surface area contributed by atoms with Gasteiger partial charge in [0.2, 0.25) is 0 Å². The Kier molecular flexibility index (Phi) is 10.7. The van der Waals surface area contributed by atoms with E-state index in [1.807, 2.05) is 13.8 Å². The Balaban J connectivity index is 1.26. The summed E-state index contributed by atoms with van der Waals surface area (Å²) in [6.07, 6.45) is -0.970. The second kappa shape index (κ2) is 13.4. The number of methoxy groups -OCH3 is 1. The molecular formula is C33H58O12S. The van der Waals surface area contributed by atoms with E-state index >= 15 is 0 Å². The molecule has 1 heterocycles. The molecule has 16 unspecified atom stereocenters. The quantitative estimate of drug-likeness (QED) is 0.185. The number of hydrogen-bond acceptors (Lipinski definition) is 11. The number of aliphatic hydroxyl groups excluding tert-OH is 4. The van der Waals surface area contributed by atoms with Crippen LogP contribution in [0, 0.1) is 46.3 Å². The first-order valence-electron chi connectivity index (χ1n) is 17.3. The number of aliphatic hydroxyl groups is 5. The molecule has 12 nitrogen and oxygen atoms in total. The van der Waals surface area contributed by atoms with Crippen LogP contribution in [-0.4, -0.2) is 107 Å². The molecule has 4 aliphatic carbocycles. The zero-order chi connectivity index (χ0) is 34.0. The summed E-state index contributed by atoms with van der Waals surface area (Å²) in [5, 5.41) is 56.8. The van der Waals surface area contributed by atoms with Gasteiger partial charge in [0.25, 0.3) is 0 Å². The molecule has 4 saturated carbocycles. The Labute approximate surface area is 274 Å². The summed E-state index contributed by atoms with van der Waals surface area (Å²) in [5.74, 6) is -0.0457. The molecule has 16 atom stereocenters. The van der Waals surface area contributed by atoms with Crippen LogP contribution in [0.2, 0.25) is 0 Å². The topological polar surface area (TPSA) is 192 Å². The summed E-state index contributed by atoms with van der Waals surface area (Å²) in [6, 6.07) is 0. The van der Waals surface area contributed by atoms with E-state index in [2.05, 4.69) is 25.0 Å². The van der Waals surface area contributed by atoms with Gasteiger partial charge in [0, 0.05) is 19.4 Å². The van der Waals surface area contributed by atoms with Crippen molar-refractivity contribution in [1.29, 1.82) is 0 Å². The van der Waals surface area contributed by atoms with Gasteiger partial charge in [-0.3, -0.25) is 4.55 Å². The van der Waals surface area contributed by atoms with Crippen molar-refractivity contribution in [3.05, 3.63) is 0 Å². The molecule has 0 aromatic heterocycles. The minimum Gasteiger partial charge on any atom is -0.393 e. The third-order valence-electron chi connectivity index (χ3n) is 13.3. The monoisotopic (exact) mass is 678 g/mol. The van der Waals surface area contributed by atoms with Gasteiger partial charge in [-0.25, -0.2) is 4.18 Å². The van der Waals surface area contributed by atoms with Gasteiger partial charge in [0.1, 0.15) is 18.3 Å². The van der Waals surface area contributed by atoms with Crippen molar-refractivity contribution in [2.75, 3.05) is 13.7 Å². The van der Waals surface area contributed by atoms with Gasteiger partial charge in [-0.2, -0.15) is 8.42 Å². The Hall–Kier alpha value is -0.450. The largest absolute Gasteiger partial charge is 0.397 e. The van der Waals surface area contributed by atoms with Gasteiger partial charge < -0.3 is 39.7 Å². The maximum absolute atomic E-state index is 12.6. The maximum atomic E-state index is 12.6. The van der Waals surface area contributed by atoms with Crippen LogP contribution in [0.4, 0.5) is 0 Å². The Morgan fingerprint density at radius 3 is 2.26 bits per heavy atom. The molecular weight excluding hydrogens is 620 g/mol. The van der Waals surface area contributed by atoms with Crippen LogP contribution >= 0.6 is 0 Å². The Morgan fingerprint density at radius 1 is 0.957 bits per heavy atom. The molecule has 1 saturated heterocycles. The van der Waals surface area contributed by atoms with E-state index in [0.717, 1.165) is 25.7 Å². The molecule has 5 rings (SSSR count). The second-order valence-electron chi connectivity index (χ2n) is 16.2. The minimum absolute atomic E-state index is 0.0401. The van der Waals surface area contributed by atoms with E-state index in [1.165, 1.54) is 7.11 Å². The highest BCUT2D eigenvalue weighted by molar-refractivity contribution is 7.80. The highest BCUT2D eigenvalue weighted by atomic mass is 32.3. The zero-order valence-electron chi connectivity index (χ0n) is 28.2. The first kappa shape index (κ1) is 36.8. The summed E-state index contributed by atoms with van der Waals surface area (Å²) < 4.78 is 53.4. The SMILES string of the molecule is COC1C(OS(=O)(=O)O)COC(OC(CCC(C)C2CC(O)C3C2(C)CCC2C4(C)CCC(O)CC4C(O)CC23O)C(C)C)C1O. The third-order valence-corrected chi connectivity index (χ3v) is 13.8. The van der Waals surface area contributed by atoms with E-state index in [0.29, 0.717) is 25.7 Å². The fraction of sp³-hybridized carbons (Fsp3) is 1.00. The molecule has 6 N–H and O–H groups in total. The minimum atomic E-state index is -4.78. The normalized spacial score (nSPS) is 49.2. The molecule has 268 valence electrons. The van der Waals surface area contributed by atoms with Crippen molar-refractivity contribution in [1.82, 2.24) is 0 Å². The number of fused-ring (bicyclic) bond motifs is 5. The van der Waals surface area contributed by atoms with Gasteiger partial charge in [-0.15, -0.1) is 0 Å². The van der Waals surface area contributed by atoms with Gasteiger partial charge in [-0.05, 0) is 91.8 Å². The van der Waals surface area contributed by atoms with E-state index in [9.17, 15) is 34.0 Å². The van der Waals surface area contributed by atoms with Crippen molar-refractivity contribution in [2.45, 2.75) is 147 Å². The highest BCUT2D eigenvalue weighted by Gasteiger charge is 2.70. The molecule has 5 aliphatic rings.